The van der Waals surface area contributed by atoms with Crippen molar-refractivity contribution in [3.05, 3.63) is 59.4 Å². The molecule has 0 saturated carbocycles. The monoisotopic (exact) mass is 245 g/mol. The Hall–Kier alpha value is -1.87. The summed E-state index contributed by atoms with van der Waals surface area (Å²) in [5.41, 5.74) is 1.97. The Balaban J connectivity index is 2.23. The van der Waals surface area contributed by atoms with Crippen LogP contribution in [-0.2, 0) is 6.54 Å². The lowest BCUT2D eigenvalue weighted by Gasteiger charge is -2.08. The number of ether oxygens (including phenoxy) is 1. The van der Waals surface area contributed by atoms with Crippen molar-refractivity contribution in [1.29, 1.82) is 0 Å². The van der Waals surface area contributed by atoms with Gasteiger partial charge in [0.2, 0.25) is 0 Å². The number of rotatable bonds is 4. The van der Waals surface area contributed by atoms with Crippen LogP contribution in [0.25, 0.3) is 0 Å². The zero-order valence-corrected chi connectivity index (χ0v) is 10.5. The normalized spacial score (nSPS) is 10.4. The maximum absolute atomic E-state index is 13.4. The molecule has 2 nitrogen and oxygen atoms in total. The molecular formula is C15H16FNO. The molecule has 94 valence electrons. The number of hydrogen-bond acceptors (Lipinski definition) is 2. The van der Waals surface area contributed by atoms with Gasteiger partial charge in [-0.2, -0.15) is 0 Å². The first-order valence-corrected chi connectivity index (χ1v) is 5.86. The van der Waals surface area contributed by atoms with Gasteiger partial charge in [-0.1, -0.05) is 12.1 Å². The Kier molecular flexibility index (Phi) is 3.95. The molecule has 2 aromatic carbocycles. The van der Waals surface area contributed by atoms with Gasteiger partial charge in [-0.15, -0.1) is 0 Å². The van der Waals surface area contributed by atoms with E-state index in [0.717, 1.165) is 16.9 Å². The largest absolute Gasteiger partial charge is 0.457 e. The maximum atomic E-state index is 13.4. The van der Waals surface area contributed by atoms with Crippen molar-refractivity contribution < 1.29 is 9.13 Å². The van der Waals surface area contributed by atoms with Crippen molar-refractivity contribution in [2.75, 3.05) is 7.05 Å². The van der Waals surface area contributed by atoms with E-state index in [9.17, 15) is 4.39 Å². The van der Waals surface area contributed by atoms with Gasteiger partial charge >= 0.3 is 0 Å². The molecule has 0 saturated heterocycles. The van der Waals surface area contributed by atoms with Crippen molar-refractivity contribution >= 4 is 0 Å². The third kappa shape index (κ3) is 3.31. The van der Waals surface area contributed by atoms with E-state index in [0.29, 0.717) is 12.3 Å². The van der Waals surface area contributed by atoms with Crippen LogP contribution in [0.15, 0.2) is 42.5 Å². The first-order valence-electron chi connectivity index (χ1n) is 5.86. The topological polar surface area (TPSA) is 21.3 Å². The van der Waals surface area contributed by atoms with Gasteiger partial charge < -0.3 is 10.1 Å². The van der Waals surface area contributed by atoms with Crippen LogP contribution in [-0.4, -0.2) is 7.05 Å². The highest BCUT2D eigenvalue weighted by Crippen LogP contribution is 2.24. The second kappa shape index (κ2) is 5.65. The minimum Gasteiger partial charge on any atom is -0.457 e. The summed E-state index contributed by atoms with van der Waals surface area (Å²) < 4.78 is 19.1. The molecular weight excluding hydrogens is 229 g/mol. The predicted octanol–water partition coefficient (Wildman–Crippen LogP) is 3.65. The summed E-state index contributed by atoms with van der Waals surface area (Å²) in [5, 5.41) is 2.99. The van der Waals surface area contributed by atoms with Crippen LogP contribution < -0.4 is 10.1 Å². The molecule has 0 aliphatic carbocycles. The fourth-order valence-corrected chi connectivity index (χ4v) is 1.80. The van der Waals surface area contributed by atoms with Crippen LogP contribution in [0.2, 0.25) is 0 Å². The van der Waals surface area contributed by atoms with Crippen molar-refractivity contribution in [3.8, 4) is 11.5 Å². The lowest BCUT2D eigenvalue weighted by molar-refractivity contribution is 0.475. The predicted molar refractivity (Wildman–Crippen MR) is 70.4 cm³/mol. The van der Waals surface area contributed by atoms with Crippen molar-refractivity contribution in [2.45, 2.75) is 13.5 Å². The van der Waals surface area contributed by atoms with E-state index in [-0.39, 0.29) is 5.82 Å². The van der Waals surface area contributed by atoms with Crippen LogP contribution in [0.5, 0.6) is 11.5 Å². The number of hydrogen-bond donors (Lipinski definition) is 1. The number of aryl methyl sites for hydroxylation is 1. The highest BCUT2D eigenvalue weighted by atomic mass is 19.1. The van der Waals surface area contributed by atoms with Crippen LogP contribution >= 0.6 is 0 Å². The average molecular weight is 245 g/mol. The van der Waals surface area contributed by atoms with Gasteiger partial charge in [-0.3, -0.25) is 0 Å². The van der Waals surface area contributed by atoms with E-state index >= 15 is 0 Å². The van der Waals surface area contributed by atoms with E-state index in [1.165, 1.54) is 12.1 Å². The molecule has 0 aliphatic rings. The van der Waals surface area contributed by atoms with E-state index in [1.54, 1.807) is 0 Å². The molecule has 0 fully saturated rings. The summed E-state index contributed by atoms with van der Waals surface area (Å²) >= 11 is 0. The zero-order valence-electron chi connectivity index (χ0n) is 10.5. The van der Waals surface area contributed by atoms with Crippen molar-refractivity contribution in [3.63, 3.8) is 0 Å². The molecule has 0 aromatic heterocycles. The Morgan fingerprint density at radius 2 is 1.94 bits per heavy atom. The molecule has 0 aliphatic heterocycles. The smallest absolute Gasteiger partial charge is 0.130 e. The first-order chi connectivity index (χ1) is 8.67. The van der Waals surface area contributed by atoms with Gasteiger partial charge in [0.1, 0.15) is 17.3 Å². The van der Waals surface area contributed by atoms with Gasteiger partial charge in [0.05, 0.1) is 0 Å². The van der Waals surface area contributed by atoms with Crippen molar-refractivity contribution in [1.82, 2.24) is 5.32 Å². The summed E-state index contributed by atoms with van der Waals surface area (Å²) in [6.07, 6.45) is 0. The molecule has 0 atom stereocenters. The summed E-state index contributed by atoms with van der Waals surface area (Å²) in [6.45, 7) is 2.60. The third-order valence-electron chi connectivity index (χ3n) is 2.54. The summed E-state index contributed by atoms with van der Waals surface area (Å²) in [7, 11) is 1.83. The van der Waals surface area contributed by atoms with Crippen molar-refractivity contribution in [2.24, 2.45) is 0 Å². The van der Waals surface area contributed by atoms with Crippen LogP contribution in [0.1, 0.15) is 11.1 Å². The minimum atomic E-state index is -0.287. The van der Waals surface area contributed by atoms with Crippen LogP contribution in [0.4, 0.5) is 4.39 Å². The molecule has 0 amide bonds. The number of halogens is 1. The molecule has 0 unspecified atom stereocenters. The number of nitrogens with one attached hydrogen (secondary N) is 1. The summed E-state index contributed by atoms with van der Waals surface area (Å²) in [5.74, 6) is 0.951. The van der Waals surface area contributed by atoms with Gasteiger partial charge in [-0.05, 0) is 49.4 Å². The van der Waals surface area contributed by atoms with E-state index in [1.807, 2.05) is 44.3 Å². The van der Waals surface area contributed by atoms with E-state index < -0.39 is 0 Å². The van der Waals surface area contributed by atoms with Gasteiger partial charge in [-0.25, -0.2) is 4.39 Å². The summed E-state index contributed by atoms with van der Waals surface area (Å²) in [4.78, 5) is 0. The molecule has 0 bridgehead atoms. The van der Waals surface area contributed by atoms with Crippen LogP contribution in [0, 0.1) is 12.7 Å². The van der Waals surface area contributed by atoms with E-state index in [4.69, 9.17) is 4.74 Å². The molecule has 3 heteroatoms. The lowest BCUT2D eigenvalue weighted by atomic mass is 10.2. The Morgan fingerprint density at radius 1 is 1.11 bits per heavy atom. The Labute approximate surface area is 106 Å². The molecule has 0 heterocycles. The first kappa shape index (κ1) is 12.6. The fourth-order valence-electron chi connectivity index (χ4n) is 1.80. The second-order valence-electron chi connectivity index (χ2n) is 4.24. The van der Waals surface area contributed by atoms with Gasteiger partial charge in [0.25, 0.3) is 0 Å². The maximum Gasteiger partial charge on any atom is 0.130 e. The van der Waals surface area contributed by atoms with Crippen LogP contribution in [0.3, 0.4) is 0 Å². The average Bonchev–Trinajstić information content (AvgIpc) is 2.28. The molecule has 0 spiro atoms. The molecule has 2 rings (SSSR count). The minimum absolute atomic E-state index is 0.287. The highest BCUT2D eigenvalue weighted by molar-refractivity contribution is 5.36. The zero-order chi connectivity index (χ0) is 13.0. The van der Waals surface area contributed by atoms with Gasteiger partial charge in [0.15, 0.2) is 0 Å². The standard InChI is InChI=1S/C15H16FNO/c1-11-4-3-5-14(6-11)18-15-8-12(10-17-2)7-13(16)9-15/h3-9,17H,10H2,1-2H3. The lowest BCUT2D eigenvalue weighted by Crippen LogP contribution is -2.05. The Bertz CT molecular complexity index is 540. The quantitative estimate of drug-likeness (QED) is 0.887. The molecule has 18 heavy (non-hydrogen) atoms. The fraction of sp³-hybridized carbons (Fsp3) is 0.200. The number of benzene rings is 2. The Morgan fingerprint density at radius 3 is 2.67 bits per heavy atom. The molecule has 2 aromatic rings. The molecule has 1 N–H and O–H groups in total. The van der Waals surface area contributed by atoms with E-state index in [2.05, 4.69) is 5.32 Å². The second-order valence-corrected chi connectivity index (χ2v) is 4.24. The third-order valence-corrected chi connectivity index (χ3v) is 2.54. The highest BCUT2D eigenvalue weighted by Gasteiger charge is 2.03. The SMILES string of the molecule is CNCc1cc(F)cc(Oc2cccc(C)c2)c1. The van der Waals surface area contributed by atoms with Gasteiger partial charge in [0, 0.05) is 12.6 Å². The summed E-state index contributed by atoms with van der Waals surface area (Å²) in [6, 6.07) is 12.4. The molecule has 0 radical (unpaired) electrons.